The molecule has 18 heavy (non-hydrogen) atoms. The number of benzene rings is 1. The fraction of sp³-hybridized carbons (Fsp3) is 0.250. The molecule has 1 aliphatic heterocycles. The van der Waals surface area contributed by atoms with E-state index in [2.05, 4.69) is 10.2 Å². The lowest BCUT2D eigenvalue weighted by molar-refractivity contribution is -0.138. The summed E-state index contributed by atoms with van der Waals surface area (Å²) in [5, 5.41) is 17.9. The molecule has 0 radical (unpaired) electrons. The van der Waals surface area contributed by atoms with E-state index in [1.54, 1.807) is 5.51 Å². The first kappa shape index (κ1) is 11.2. The normalized spacial score (nSPS) is 18.4. The van der Waals surface area contributed by atoms with Crippen molar-refractivity contribution in [3.63, 3.8) is 0 Å². The molecule has 1 aromatic carbocycles. The molecule has 5 nitrogen and oxygen atoms in total. The summed E-state index contributed by atoms with van der Waals surface area (Å²) in [5.74, 6) is -1.30. The maximum atomic E-state index is 11.4. The summed E-state index contributed by atoms with van der Waals surface area (Å²) < 4.78 is 0. The van der Waals surface area contributed by atoms with E-state index in [1.807, 2.05) is 29.2 Å². The van der Waals surface area contributed by atoms with Crippen molar-refractivity contribution in [2.75, 3.05) is 11.4 Å². The molecule has 0 amide bonds. The Morgan fingerprint density at radius 3 is 3.00 bits per heavy atom. The molecule has 0 bridgehead atoms. The van der Waals surface area contributed by atoms with Gasteiger partial charge in [-0.05, 0) is 11.1 Å². The molecule has 0 saturated carbocycles. The van der Waals surface area contributed by atoms with Gasteiger partial charge in [-0.3, -0.25) is 4.79 Å². The predicted molar refractivity (Wildman–Crippen MR) is 67.8 cm³/mol. The average Bonchev–Trinajstić information content (AvgIpc) is 2.91. The monoisotopic (exact) mass is 261 g/mol. The third-order valence-corrected chi connectivity index (χ3v) is 3.86. The highest BCUT2D eigenvalue weighted by molar-refractivity contribution is 7.13. The lowest BCUT2D eigenvalue weighted by Gasteiger charge is -2.32. The molecule has 92 valence electrons. The zero-order valence-electron chi connectivity index (χ0n) is 9.48. The van der Waals surface area contributed by atoms with Crippen molar-refractivity contribution in [3.05, 3.63) is 40.9 Å². The van der Waals surface area contributed by atoms with Gasteiger partial charge in [0.25, 0.3) is 0 Å². The highest BCUT2D eigenvalue weighted by Gasteiger charge is 2.31. The molecule has 1 N–H and O–H groups in total. The third kappa shape index (κ3) is 1.84. The Bertz CT molecular complexity index is 570. The van der Waals surface area contributed by atoms with Gasteiger partial charge in [-0.2, -0.15) is 0 Å². The minimum atomic E-state index is -0.795. The molecule has 1 aliphatic rings. The minimum absolute atomic E-state index is 0.446. The molecule has 2 heterocycles. The largest absolute Gasteiger partial charge is 0.481 e. The summed E-state index contributed by atoms with van der Waals surface area (Å²) in [6.07, 6.45) is 0. The fourth-order valence-corrected chi connectivity index (χ4v) is 2.84. The van der Waals surface area contributed by atoms with Crippen molar-refractivity contribution in [3.8, 4) is 0 Å². The lowest BCUT2D eigenvalue weighted by atomic mass is 9.90. The molecular weight excluding hydrogens is 250 g/mol. The Morgan fingerprint density at radius 1 is 1.44 bits per heavy atom. The Balaban J connectivity index is 2.00. The van der Waals surface area contributed by atoms with Crippen LogP contribution in [0.4, 0.5) is 5.13 Å². The van der Waals surface area contributed by atoms with Gasteiger partial charge in [0.05, 0.1) is 5.92 Å². The minimum Gasteiger partial charge on any atom is -0.481 e. The zero-order valence-corrected chi connectivity index (χ0v) is 10.3. The van der Waals surface area contributed by atoms with Crippen LogP contribution in [0.15, 0.2) is 29.8 Å². The molecule has 1 atom stereocenters. The van der Waals surface area contributed by atoms with Gasteiger partial charge in [0, 0.05) is 13.1 Å². The molecule has 0 fully saturated rings. The molecule has 0 aliphatic carbocycles. The van der Waals surface area contributed by atoms with E-state index < -0.39 is 11.9 Å². The van der Waals surface area contributed by atoms with E-state index >= 15 is 0 Å². The van der Waals surface area contributed by atoms with Gasteiger partial charge in [0.15, 0.2) is 0 Å². The number of aliphatic carboxylic acids is 1. The van der Waals surface area contributed by atoms with E-state index in [9.17, 15) is 9.90 Å². The van der Waals surface area contributed by atoms with Crippen LogP contribution in [-0.4, -0.2) is 27.8 Å². The Morgan fingerprint density at radius 2 is 2.28 bits per heavy atom. The van der Waals surface area contributed by atoms with Crippen molar-refractivity contribution in [1.82, 2.24) is 10.2 Å². The van der Waals surface area contributed by atoms with E-state index in [1.165, 1.54) is 11.3 Å². The van der Waals surface area contributed by atoms with Gasteiger partial charge in [0.2, 0.25) is 5.13 Å². The predicted octanol–water partition coefficient (Wildman–Crippen LogP) is 1.73. The molecule has 1 unspecified atom stereocenters. The van der Waals surface area contributed by atoms with Crippen LogP contribution in [0.3, 0.4) is 0 Å². The van der Waals surface area contributed by atoms with Crippen LogP contribution < -0.4 is 4.90 Å². The molecule has 0 spiro atoms. The first-order chi connectivity index (χ1) is 8.75. The number of carboxylic acids is 1. The first-order valence-corrected chi connectivity index (χ1v) is 6.45. The van der Waals surface area contributed by atoms with Gasteiger partial charge in [0.1, 0.15) is 5.51 Å². The summed E-state index contributed by atoms with van der Waals surface area (Å²) in [7, 11) is 0. The van der Waals surface area contributed by atoms with E-state index in [-0.39, 0.29) is 0 Å². The van der Waals surface area contributed by atoms with Crippen LogP contribution in [0.1, 0.15) is 17.0 Å². The van der Waals surface area contributed by atoms with E-state index in [0.29, 0.717) is 13.1 Å². The number of aromatic nitrogens is 2. The molecule has 1 aromatic heterocycles. The number of hydrogen-bond donors (Lipinski definition) is 1. The third-order valence-electron chi connectivity index (χ3n) is 3.11. The Kier molecular flexibility index (Phi) is 2.71. The number of carbonyl (C=O) groups is 1. The lowest BCUT2D eigenvalue weighted by Crippen LogP contribution is -2.36. The van der Waals surface area contributed by atoms with Crippen molar-refractivity contribution in [2.45, 2.75) is 12.5 Å². The zero-order chi connectivity index (χ0) is 12.5. The summed E-state index contributed by atoms with van der Waals surface area (Å²) in [6, 6.07) is 7.68. The topological polar surface area (TPSA) is 66.3 Å². The summed E-state index contributed by atoms with van der Waals surface area (Å²) in [5.41, 5.74) is 3.61. The van der Waals surface area contributed by atoms with Crippen molar-refractivity contribution < 1.29 is 9.90 Å². The van der Waals surface area contributed by atoms with Gasteiger partial charge in [-0.25, -0.2) is 0 Å². The Labute approximate surface area is 108 Å². The van der Waals surface area contributed by atoms with Crippen LogP contribution in [0, 0.1) is 0 Å². The number of hydrogen-bond acceptors (Lipinski definition) is 5. The highest BCUT2D eigenvalue weighted by Crippen LogP contribution is 2.31. The molecular formula is C12H11N3O2S. The summed E-state index contributed by atoms with van der Waals surface area (Å²) in [6.45, 7) is 1.14. The fourth-order valence-electron chi connectivity index (χ4n) is 2.27. The number of anilines is 1. The second-order valence-electron chi connectivity index (χ2n) is 4.19. The number of nitrogens with zero attached hydrogens (tertiary/aromatic N) is 3. The molecule has 2 aromatic rings. The second kappa shape index (κ2) is 4.38. The molecule has 0 saturated heterocycles. The van der Waals surface area contributed by atoms with Gasteiger partial charge in [-0.1, -0.05) is 35.6 Å². The Hall–Kier alpha value is -1.95. The highest BCUT2D eigenvalue weighted by atomic mass is 32.1. The number of rotatable bonds is 2. The molecule has 3 rings (SSSR count). The quantitative estimate of drug-likeness (QED) is 0.891. The van der Waals surface area contributed by atoms with Crippen molar-refractivity contribution in [2.24, 2.45) is 0 Å². The van der Waals surface area contributed by atoms with E-state index in [0.717, 1.165) is 16.3 Å². The molecule has 6 heteroatoms. The van der Waals surface area contributed by atoms with Crippen LogP contribution in [0.25, 0.3) is 0 Å². The maximum Gasteiger partial charge on any atom is 0.312 e. The van der Waals surface area contributed by atoms with Gasteiger partial charge >= 0.3 is 5.97 Å². The summed E-state index contributed by atoms with van der Waals surface area (Å²) >= 11 is 1.43. The number of carboxylic acid groups (broad SMARTS) is 1. The van der Waals surface area contributed by atoms with Gasteiger partial charge in [-0.15, -0.1) is 10.2 Å². The first-order valence-electron chi connectivity index (χ1n) is 5.57. The standard InChI is InChI=1S/C12H11N3O2S/c16-11(17)10-6-15(12-14-13-7-18-12)5-8-3-1-2-4-9(8)10/h1-4,7,10H,5-6H2,(H,16,17). The second-order valence-corrected chi connectivity index (χ2v) is 5.00. The van der Waals surface area contributed by atoms with Crippen LogP contribution >= 0.6 is 11.3 Å². The average molecular weight is 261 g/mol. The van der Waals surface area contributed by atoms with Crippen LogP contribution in [-0.2, 0) is 11.3 Å². The van der Waals surface area contributed by atoms with Crippen molar-refractivity contribution >= 4 is 22.4 Å². The van der Waals surface area contributed by atoms with Crippen LogP contribution in [0.2, 0.25) is 0 Å². The van der Waals surface area contributed by atoms with E-state index in [4.69, 9.17) is 0 Å². The SMILES string of the molecule is O=C(O)C1CN(c2nncs2)Cc2ccccc21. The van der Waals surface area contributed by atoms with Crippen LogP contribution in [0.5, 0.6) is 0 Å². The van der Waals surface area contributed by atoms with Gasteiger partial charge < -0.3 is 10.0 Å². The maximum absolute atomic E-state index is 11.4. The summed E-state index contributed by atoms with van der Waals surface area (Å²) in [4.78, 5) is 13.3. The smallest absolute Gasteiger partial charge is 0.312 e. The number of fused-ring (bicyclic) bond motifs is 1. The van der Waals surface area contributed by atoms with Crippen molar-refractivity contribution in [1.29, 1.82) is 0 Å².